The first-order valence-electron chi connectivity index (χ1n) is 5.54. The van der Waals surface area contributed by atoms with Gasteiger partial charge in [0, 0.05) is 18.7 Å². The molecule has 1 atom stereocenters. The highest BCUT2D eigenvalue weighted by molar-refractivity contribution is 7.16. The lowest BCUT2D eigenvalue weighted by molar-refractivity contribution is 0.0765. The van der Waals surface area contributed by atoms with Crippen LogP contribution in [0.4, 0.5) is 0 Å². The lowest BCUT2D eigenvalue weighted by Crippen LogP contribution is -2.29. The van der Waals surface area contributed by atoms with Crippen LogP contribution in [-0.4, -0.2) is 40.1 Å². The number of amides is 1. The maximum atomic E-state index is 12.2. The summed E-state index contributed by atoms with van der Waals surface area (Å²) >= 11 is 1.53. The van der Waals surface area contributed by atoms with Gasteiger partial charge >= 0.3 is 0 Å². The third-order valence-electron chi connectivity index (χ3n) is 3.03. The van der Waals surface area contributed by atoms with Crippen LogP contribution in [-0.2, 0) is 0 Å². The number of nitrogens with zero attached hydrogens (tertiary/aromatic N) is 2. The van der Waals surface area contributed by atoms with E-state index in [1.165, 1.54) is 11.3 Å². The Kier molecular flexibility index (Phi) is 2.57. The summed E-state index contributed by atoms with van der Waals surface area (Å²) in [6, 6.07) is 5.54. The van der Waals surface area contributed by atoms with Crippen LogP contribution in [0, 0.1) is 0 Å². The van der Waals surface area contributed by atoms with E-state index in [-0.39, 0.29) is 12.0 Å². The van der Waals surface area contributed by atoms with E-state index < -0.39 is 0 Å². The third-order valence-corrected chi connectivity index (χ3v) is 3.82. The molecule has 17 heavy (non-hydrogen) atoms. The minimum absolute atomic E-state index is 0.00292. The number of carbonyl (C=O) groups is 1. The van der Waals surface area contributed by atoms with Gasteiger partial charge in [-0.3, -0.25) is 4.79 Å². The van der Waals surface area contributed by atoms with E-state index in [1.54, 1.807) is 16.5 Å². The molecule has 88 valence electrons. The largest absolute Gasteiger partial charge is 0.391 e. The molecule has 1 aliphatic heterocycles. The molecule has 1 aromatic carbocycles. The summed E-state index contributed by atoms with van der Waals surface area (Å²) in [5.41, 5.74) is 3.38. The highest BCUT2D eigenvalue weighted by Gasteiger charge is 2.25. The molecule has 4 nitrogen and oxygen atoms in total. The normalized spacial score (nSPS) is 20.1. The van der Waals surface area contributed by atoms with Crippen molar-refractivity contribution in [1.82, 2.24) is 9.88 Å². The van der Waals surface area contributed by atoms with E-state index in [0.717, 1.165) is 10.2 Å². The van der Waals surface area contributed by atoms with E-state index in [4.69, 9.17) is 0 Å². The van der Waals surface area contributed by atoms with Crippen molar-refractivity contribution in [1.29, 1.82) is 0 Å². The minimum Gasteiger partial charge on any atom is -0.391 e. The predicted octanol–water partition coefficient (Wildman–Crippen LogP) is 1.50. The predicted molar refractivity (Wildman–Crippen MR) is 66.1 cm³/mol. The number of aliphatic hydroxyl groups excluding tert-OH is 1. The smallest absolute Gasteiger partial charge is 0.253 e. The summed E-state index contributed by atoms with van der Waals surface area (Å²) in [5, 5.41) is 9.43. The molecule has 1 aromatic heterocycles. The van der Waals surface area contributed by atoms with Crippen molar-refractivity contribution in [2.75, 3.05) is 13.1 Å². The molecule has 1 aliphatic rings. The van der Waals surface area contributed by atoms with Crippen molar-refractivity contribution in [3.63, 3.8) is 0 Å². The summed E-state index contributed by atoms with van der Waals surface area (Å²) in [6.45, 7) is 1.08. The number of rotatable bonds is 1. The Morgan fingerprint density at radius 2 is 2.41 bits per heavy atom. The molecule has 2 aromatic rings. The van der Waals surface area contributed by atoms with Crippen molar-refractivity contribution >= 4 is 27.5 Å². The number of benzene rings is 1. The van der Waals surface area contributed by atoms with Gasteiger partial charge in [-0.25, -0.2) is 4.98 Å². The number of β-amino-alcohol motifs (C(OH)–C–C–N with tert-alkyl or cyclic N) is 1. The minimum atomic E-state index is -0.369. The van der Waals surface area contributed by atoms with Gasteiger partial charge in [0.25, 0.3) is 5.91 Å². The summed E-state index contributed by atoms with van der Waals surface area (Å²) in [4.78, 5) is 18.0. The van der Waals surface area contributed by atoms with Crippen molar-refractivity contribution < 1.29 is 9.90 Å². The topological polar surface area (TPSA) is 53.4 Å². The van der Waals surface area contributed by atoms with Crippen LogP contribution in [0.3, 0.4) is 0 Å². The highest BCUT2D eigenvalue weighted by Crippen LogP contribution is 2.21. The lowest BCUT2D eigenvalue weighted by Gasteiger charge is -2.15. The Morgan fingerprint density at radius 3 is 3.18 bits per heavy atom. The molecule has 1 unspecified atom stereocenters. The van der Waals surface area contributed by atoms with Crippen LogP contribution >= 0.6 is 11.3 Å². The van der Waals surface area contributed by atoms with Crippen LogP contribution in [0.15, 0.2) is 23.7 Å². The zero-order valence-electron chi connectivity index (χ0n) is 9.17. The zero-order valence-corrected chi connectivity index (χ0v) is 9.98. The first-order valence-corrected chi connectivity index (χ1v) is 6.42. The average molecular weight is 248 g/mol. The molecule has 5 heteroatoms. The van der Waals surface area contributed by atoms with Gasteiger partial charge in [-0.2, -0.15) is 0 Å². The Balaban J connectivity index is 1.89. The van der Waals surface area contributed by atoms with Crippen molar-refractivity contribution in [3.05, 3.63) is 29.3 Å². The molecule has 1 N–H and O–H groups in total. The Bertz CT molecular complexity index is 566. The van der Waals surface area contributed by atoms with Gasteiger partial charge < -0.3 is 10.0 Å². The number of fused-ring (bicyclic) bond motifs is 1. The van der Waals surface area contributed by atoms with Gasteiger partial charge in [0.1, 0.15) is 0 Å². The molecule has 0 bridgehead atoms. The van der Waals surface area contributed by atoms with Gasteiger partial charge in [-0.1, -0.05) is 0 Å². The molecular weight excluding hydrogens is 236 g/mol. The van der Waals surface area contributed by atoms with Crippen molar-refractivity contribution in [3.8, 4) is 0 Å². The van der Waals surface area contributed by atoms with Crippen LogP contribution < -0.4 is 0 Å². The highest BCUT2D eigenvalue weighted by atomic mass is 32.1. The standard InChI is InChI=1S/C12H12N2O2S/c15-9-3-4-14(6-9)12(16)8-1-2-10-11(5-8)17-7-13-10/h1-2,5,7,9,15H,3-4,6H2. The number of thiazole rings is 1. The number of likely N-dealkylation sites (tertiary alicyclic amines) is 1. The second kappa shape index (κ2) is 4.09. The van der Waals surface area contributed by atoms with E-state index >= 15 is 0 Å². The zero-order chi connectivity index (χ0) is 11.8. The van der Waals surface area contributed by atoms with E-state index in [1.807, 2.05) is 12.1 Å². The number of hydrogen-bond acceptors (Lipinski definition) is 4. The molecule has 3 rings (SSSR count). The third kappa shape index (κ3) is 1.92. The molecule has 1 fully saturated rings. The van der Waals surface area contributed by atoms with Crippen LogP contribution in [0.5, 0.6) is 0 Å². The lowest BCUT2D eigenvalue weighted by atomic mass is 10.2. The van der Waals surface area contributed by atoms with Gasteiger partial charge in [0.2, 0.25) is 0 Å². The number of aliphatic hydroxyl groups is 1. The van der Waals surface area contributed by atoms with Gasteiger partial charge in [-0.15, -0.1) is 11.3 Å². The maximum absolute atomic E-state index is 12.2. The van der Waals surface area contributed by atoms with Crippen LogP contribution in [0.2, 0.25) is 0 Å². The van der Waals surface area contributed by atoms with Gasteiger partial charge in [-0.05, 0) is 24.6 Å². The Hall–Kier alpha value is -1.46. The molecule has 2 heterocycles. The Labute approximate surface area is 103 Å². The summed E-state index contributed by atoms with van der Waals surface area (Å²) in [5.74, 6) is -0.00292. The molecule has 0 aliphatic carbocycles. The van der Waals surface area contributed by atoms with Crippen molar-refractivity contribution in [2.45, 2.75) is 12.5 Å². The van der Waals surface area contributed by atoms with E-state index in [2.05, 4.69) is 4.98 Å². The molecular formula is C12H12N2O2S. The average Bonchev–Trinajstić information content (AvgIpc) is 2.95. The maximum Gasteiger partial charge on any atom is 0.253 e. The number of carbonyl (C=O) groups excluding carboxylic acids is 1. The molecule has 0 spiro atoms. The summed E-state index contributed by atoms with van der Waals surface area (Å²) < 4.78 is 1.02. The second-order valence-corrected chi connectivity index (χ2v) is 5.11. The fraction of sp³-hybridized carbons (Fsp3) is 0.333. The second-order valence-electron chi connectivity index (χ2n) is 4.23. The SMILES string of the molecule is O=C(c1ccc2ncsc2c1)N1CCC(O)C1. The quantitative estimate of drug-likeness (QED) is 0.832. The van der Waals surface area contributed by atoms with E-state index in [9.17, 15) is 9.90 Å². The first-order chi connectivity index (χ1) is 8.24. The fourth-order valence-electron chi connectivity index (χ4n) is 2.10. The number of hydrogen-bond donors (Lipinski definition) is 1. The summed E-state index contributed by atoms with van der Waals surface area (Å²) in [7, 11) is 0. The molecule has 0 saturated carbocycles. The fourth-order valence-corrected chi connectivity index (χ4v) is 2.81. The van der Waals surface area contributed by atoms with E-state index in [0.29, 0.717) is 25.1 Å². The van der Waals surface area contributed by atoms with Crippen LogP contribution in [0.25, 0.3) is 10.2 Å². The Morgan fingerprint density at radius 1 is 1.53 bits per heavy atom. The molecule has 1 saturated heterocycles. The number of aromatic nitrogens is 1. The summed E-state index contributed by atoms with van der Waals surface area (Å²) in [6.07, 6.45) is 0.306. The molecule has 1 amide bonds. The van der Waals surface area contributed by atoms with Gasteiger partial charge in [0.05, 0.1) is 21.8 Å². The van der Waals surface area contributed by atoms with Crippen LogP contribution in [0.1, 0.15) is 16.8 Å². The van der Waals surface area contributed by atoms with Crippen molar-refractivity contribution in [2.24, 2.45) is 0 Å². The van der Waals surface area contributed by atoms with Gasteiger partial charge in [0.15, 0.2) is 0 Å². The monoisotopic (exact) mass is 248 g/mol. The first kappa shape index (κ1) is 10.7. The molecule has 0 radical (unpaired) electrons.